The lowest BCUT2D eigenvalue weighted by molar-refractivity contribution is 0.0491. The van der Waals surface area contributed by atoms with E-state index in [1.165, 1.54) is 10.6 Å². The third kappa shape index (κ3) is 4.28. The largest absolute Gasteiger partial charge is 0.359 e. The summed E-state index contributed by atoms with van der Waals surface area (Å²) in [4.78, 5) is 26.3. The van der Waals surface area contributed by atoms with Crippen molar-refractivity contribution in [3.8, 4) is 0 Å². The minimum absolute atomic E-state index is 0.324. The number of hydrogen-bond donors (Lipinski definition) is 2. The van der Waals surface area contributed by atoms with Gasteiger partial charge in [0.25, 0.3) is 11.8 Å². The van der Waals surface area contributed by atoms with Crippen LogP contribution in [-0.4, -0.2) is 16.8 Å². The van der Waals surface area contributed by atoms with Gasteiger partial charge in [-0.15, -0.1) is 0 Å². The molecule has 5 nitrogen and oxygen atoms in total. The number of nitrogens with zero attached hydrogens (tertiary/aromatic N) is 1. The molecule has 6 heteroatoms. The number of rotatable bonds is 4. The van der Waals surface area contributed by atoms with Crippen LogP contribution in [0.1, 0.15) is 63.3 Å². The van der Waals surface area contributed by atoms with E-state index in [-0.39, 0.29) is 11.8 Å². The molecule has 2 amide bonds. The second-order valence-electron chi connectivity index (χ2n) is 8.04. The van der Waals surface area contributed by atoms with Crippen LogP contribution in [0.15, 0.2) is 66.7 Å². The van der Waals surface area contributed by atoms with Gasteiger partial charge in [0.1, 0.15) is 6.17 Å². The lowest BCUT2D eigenvalue weighted by Gasteiger charge is -2.38. The Labute approximate surface area is 187 Å². The number of carbonyl (C=O) groups excluding carboxylic acids is 2. The maximum atomic E-state index is 13.4. The quantitative estimate of drug-likeness (QED) is 0.556. The summed E-state index contributed by atoms with van der Waals surface area (Å²) < 4.78 is 0. The Bertz CT molecular complexity index is 1120. The van der Waals surface area contributed by atoms with E-state index in [0.717, 1.165) is 11.1 Å². The molecular weight excluding hydrogens is 410 g/mol. The number of anilines is 1. The average molecular weight is 434 g/mol. The first-order chi connectivity index (χ1) is 14.8. The molecule has 1 unspecified atom stereocenters. The van der Waals surface area contributed by atoms with Crippen LogP contribution in [-0.2, 0) is 0 Å². The van der Waals surface area contributed by atoms with Crippen LogP contribution in [0.2, 0.25) is 5.02 Å². The Kier molecular flexibility index (Phi) is 5.70. The van der Waals surface area contributed by atoms with Crippen molar-refractivity contribution in [1.29, 1.82) is 0 Å². The van der Waals surface area contributed by atoms with Gasteiger partial charge in [-0.05, 0) is 54.3 Å². The first kappa shape index (κ1) is 20.9. The maximum Gasteiger partial charge on any atom is 0.276 e. The van der Waals surface area contributed by atoms with Crippen molar-refractivity contribution < 1.29 is 9.59 Å². The molecule has 1 atom stereocenters. The van der Waals surface area contributed by atoms with Crippen molar-refractivity contribution >= 4 is 29.1 Å². The first-order valence-corrected chi connectivity index (χ1v) is 10.6. The summed E-state index contributed by atoms with van der Waals surface area (Å²) in [6, 6.07) is 20.4. The van der Waals surface area contributed by atoms with Crippen molar-refractivity contribution in [2.45, 2.75) is 32.9 Å². The fourth-order valence-electron chi connectivity index (χ4n) is 3.57. The summed E-state index contributed by atoms with van der Waals surface area (Å²) in [5, 5.41) is 5.16. The standard InChI is InChI=1S/C25H24ClN3O2/c1-15(2)17-8-10-18(11-9-17)23-27-22-13-12-20(26)14-21(22)25(31)29(23)28-24(30)19-6-4-16(3)5-7-19/h4-15,23,27H,1-3H3,(H,28,30). The smallest absolute Gasteiger partial charge is 0.276 e. The number of aryl methyl sites for hydroxylation is 1. The summed E-state index contributed by atoms with van der Waals surface area (Å²) in [6.45, 7) is 6.22. The van der Waals surface area contributed by atoms with E-state index >= 15 is 0 Å². The molecule has 0 aromatic heterocycles. The Morgan fingerprint density at radius 3 is 2.35 bits per heavy atom. The van der Waals surface area contributed by atoms with Gasteiger partial charge in [0.2, 0.25) is 0 Å². The molecular formula is C25H24ClN3O2. The van der Waals surface area contributed by atoms with Gasteiger partial charge in [0, 0.05) is 16.3 Å². The van der Waals surface area contributed by atoms with Gasteiger partial charge in [-0.25, -0.2) is 5.01 Å². The lowest BCUT2D eigenvalue weighted by atomic mass is 9.99. The zero-order valence-electron chi connectivity index (χ0n) is 17.6. The third-order valence-corrected chi connectivity index (χ3v) is 5.67. The Hall–Kier alpha value is -3.31. The van der Waals surface area contributed by atoms with Gasteiger partial charge in [-0.1, -0.05) is 67.4 Å². The highest BCUT2D eigenvalue weighted by molar-refractivity contribution is 6.31. The summed E-state index contributed by atoms with van der Waals surface area (Å²) in [7, 11) is 0. The van der Waals surface area contributed by atoms with Crippen LogP contribution in [0.5, 0.6) is 0 Å². The van der Waals surface area contributed by atoms with E-state index in [9.17, 15) is 9.59 Å². The fraction of sp³-hybridized carbons (Fsp3) is 0.200. The van der Waals surface area contributed by atoms with Gasteiger partial charge < -0.3 is 5.32 Å². The number of halogens is 1. The van der Waals surface area contributed by atoms with E-state index in [2.05, 4.69) is 24.6 Å². The van der Waals surface area contributed by atoms with E-state index < -0.39 is 6.17 Å². The Morgan fingerprint density at radius 1 is 1.03 bits per heavy atom. The van der Waals surface area contributed by atoms with E-state index in [4.69, 9.17) is 11.6 Å². The van der Waals surface area contributed by atoms with Crippen LogP contribution >= 0.6 is 11.6 Å². The SMILES string of the molecule is Cc1ccc(C(=O)NN2C(=O)c3cc(Cl)ccc3NC2c2ccc(C(C)C)cc2)cc1. The van der Waals surface area contributed by atoms with Crippen molar-refractivity contribution in [2.24, 2.45) is 0 Å². The van der Waals surface area contributed by atoms with E-state index in [1.54, 1.807) is 30.3 Å². The van der Waals surface area contributed by atoms with Crippen molar-refractivity contribution in [3.05, 3.63) is 99.6 Å². The predicted molar refractivity (Wildman–Crippen MR) is 123 cm³/mol. The molecule has 158 valence electrons. The summed E-state index contributed by atoms with van der Waals surface area (Å²) in [5.41, 5.74) is 7.47. The fourth-order valence-corrected chi connectivity index (χ4v) is 3.74. The van der Waals surface area contributed by atoms with E-state index in [1.807, 2.05) is 43.3 Å². The minimum atomic E-state index is -0.559. The van der Waals surface area contributed by atoms with Gasteiger partial charge in [-0.3, -0.25) is 15.0 Å². The average Bonchev–Trinajstić information content (AvgIpc) is 2.76. The van der Waals surface area contributed by atoms with Crippen molar-refractivity contribution in [1.82, 2.24) is 10.4 Å². The molecule has 1 aliphatic heterocycles. The summed E-state index contributed by atoms with van der Waals surface area (Å²) in [6.07, 6.45) is -0.559. The molecule has 0 spiro atoms. The molecule has 0 saturated carbocycles. The second-order valence-corrected chi connectivity index (χ2v) is 8.48. The molecule has 4 rings (SSSR count). The molecule has 1 heterocycles. The molecule has 0 aliphatic carbocycles. The lowest BCUT2D eigenvalue weighted by Crippen LogP contribution is -2.52. The number of carbonyl (C=O) groups is 2. The number of nitrogens with one attached hydrogen (secondary N) is 2. The number of benzene rings is 3. The van der Waals surface area contributed by atoms with Gasteiger partial charge in [0.05, 0.1) is 5.56 Å². The highest BCUT2D eigenvalue weighted by Gasteiger charge is 2.34. The number of amides is 2. The van der Waals surface area contributed by atoms with Crippen LogP contribution in [0.25, 0.3) is 0 Å². The first-order valence-electron chi connectivity index (χ1n) is 10.2. The number of hydrazine groups is 1. The predicted octanol–water partition coefficient (Wildman–Crippen LogP) is 5.68. The summed E-state index contributed by atoms with van der Waals surface area (Å²) in [5.74, 6) is -0.283. The zero-order valence-corrected chi connectivity index (χ0v) is 18.4. The Morgan fingerprint density at radius 2 is 1.71 bits per heavy atom. The van der Waals surface area contributed by atoms with Crippen LogP contribution < -0.4 is 10.7 Å². The highest BCUT2D eigenvalue weighted by atomic mass is 35.5. The van der Waals surface area contributed by atoms with Gasteiger partial charge in [-0.2, -0.15) is 0 Å². The van der Waals surface area contributed by atoms with Gasteiger partial charge >= 0.3 is 0 Å². The molecule has 1 aliphatic rings. The third-order valence-electron chi connectivity index (χ3n) is 5.44. The van der Waals surface area contributed by atoms with Crippen LogP contribution in [0.4, 0.5) is 5.69 Å². The number of hydrogen-bond acceptors (Lipinski definition) is 3. The number of fused-ring (bicyclic) bond motifs is 1. The molecule has 0 radical (unpaired) electrons. The van der Waals surface area contributed by atoms with Crippen LogP contribution in [0, 0.1) is 6.92 Å². The molecule has 0 bridgehead atoms. The molecule has 3 aromatic carbocycles. The topological polar surface area (TPSA) is 61.4 Å². The highest BCUT2D eigenvalue weighted by Crippen LogP contribution is 2.34. The normalized spacial score (nSPS) is 15.5. The van der Waals surface area contributed by atoms with Crippen molar-refractivity contribution in [3.63, 3.8) is 0 Å². The van der Waals surface area contributed by atoms with Crippen molar-refractivity contribution in [2.75, 3.05) is 5.32 Å². The van der Waals surface area contributed by atoms with Crippen LogP contribution in [0.3, 0.4) is 0 Å². The zero-order chi connectivity index (χ0) is 22.1. The van der Waals surface area contributed by atoms with E-state index in [0.29, 0.717) is 27.8 Å². The maximum absolute atomic E-state index is 13.4. The molecule has 2 N–H and O–H groups in total. The molecule has 3 aromatic rings. The Balaban J connectivity index is 1.71. The molecule has 0 fully saturated rings. The second kappa shape index (κ2) is 8.44. The monoisotopic (exact) mass is 433 g/mol. The molecule has 31 heavy (non-hydrogen) atoms. The minimum Gasteiger partial charge on any atom is -0.359 e. The summed E-state index contributed by atoms with van der Waals surface area (Å²) >= 11 is 6.12. The molecule has 0 saturated heterocycles. The van der Waals surface area contributed by atoms with Gasteiger partial charge in [0.15, 0.2) is 0 Å².